The van der Waals surface area contributed by atoms with Gasteiger partial charge >= 0.3 is 0 Å². The minimum absolute atomic E-state index is 0.0236. The quantitative estimate of drug-likeness (QED) is 0.711. The van der Waals surface area contributed by atoms with E-state index in [0.717, 1.165) is 31.5 Å². The second-order valence-electron chi connectivity index (χ2n) is 6.73. The number of carbonyl (C=O) groups is 3. The molecule has 0 spiro atoms. The summed E-state index contributed by atoms with van der Waals surface area (Å²) in [5.41, 5.74) is 0.988. The molecule has 0 radical (unpaired) electrons. The summed E-state index contributed by atoms with van der Waals surface area (Å²) in [6.07, 6.45) is 4.10. The lowest BCUT2D eigenvalue weighted by Gasteiger charge is -2.24. The second-order valence-corrected chi connectivity index (χ2v) is 7.62. The van der Waals surface area contributed by atoms with Crippen LogP contribution in [0.25, 0.3) is 0 Å². The molecule has 148 valence electrons. The Morgan fingerprint density at radius 1 is 1.07 bits per heavy atom. The minimum Gasteiger partial charge on any atom is -0.344 e. The van der Waals surface area contributed by atoms with Gasteiger partial charge in [0, 0.05) is 43.9 Å². The maximum Gasteiger partial charge on any atom is 0.245 e. The monoisotopic (exact) mass is 400 g/mol. The minimum atomic E-state index is -0.616. The van der Waals surface area contributed by atoms with Gasteiger partial charge in [0.05, 0.1) is 0 Å². The molecule has 1 aliphatic heterocycles. The molecule has 1 unspecified atom stereocenters. The number of rotatable bonds is 8. The predicted octanol–water partition coefficient (Wildman–Crippen LogP) is 2.21. The normalized spacial score (nSPS) is 14.5. The lowest BCUT2D eigenvalue weighted by Crippen LogP contribution is -2.49. The molecular formula is C20H24N4O3S. The summed E-state index contributed by atoms with van der Waals surface area (Å²) < 4.78 is 0. The molecule has 1 atom stereocenters. The summed E-state index contributed by atoms with van der Waals surface area (Å²) in [6.45, 7) is 1.46. The van der Waals surface area contributed by atoms with Crippen molar-refractivity contribution in [1.29, 1.82) is 0 Å². The number of hydrogen-bond acceptors (Lipinski definition) is 5. The summed E-state index contributed by atoms with van der Waals surface area (Å²) in [5.74, 6) is -0.625. The average Bonchev–Trinajstić information content (AvgIpc) is 3.40. The van der Waals surface area contributed by atoms with Gasteiger partial charge < -0.3 is 15.5 Å². The first-order valence-corrected chi connectivity index (χ1v) is 10.3. The molecule has 0 aliphatic carbocycles. The third-order valence-electron chi connectivity index (χ3n) is 4.59. The molecule has 1 aromatic heterocycles. The van der Waals surface area contributed by atoms with Crippen LogP contribution in [0.5, 0.6) is 0 Å². The third-order valence-corrected chi connectivity index (χ3v) is 5.28. The number of anilines is 1. The van der Waals surface area contributed by atoms with Gasteiger partial charge in [0.15, 0.2) is 5.13 Å². The Labute approximate surface area is 168 Å². The van der Waals surface area contributed by atoms with E-state index in [1.807, 2.05) is 35.2 Å². The Balaban J connectivity index is 1.55. The van der Waals surface area contributed by atoms with Crippen molar-refractivity contribution >= 4 is 34.2 Å². The van der Waals surface area contributed by atoms with Crippen molar-refractivity contribution in [3.63, 3.8) is 0 Å². The molecule has 2 heterocycles. The summed E-state index contributed by atoms with van der Waals surface area (Å²) in [4.78, 5) is 43.0. The zero-order valence-electron chi connectivity index (χ0n) is 15.6. The molecule has 7 nitrogen and oxygen atoms in total. The van der Waals surface area contributed by atoms with Gasteiger partial charge in [0.25, 0.3) is 0 Å². The highest BCUT2D eigenvalue weighted by atomic mass is 32.1. The van der Waals surface area contributed by atoms with Crippen LogP contribution >= 0.6 is 11.3 Å². The number of aromatic nitrogens is 1. The van der Waals surface area contributed by atoms with E-state index < -0.39 is 6.04 Å². The number of nitrogens with zero attached hydrogens (tertiary/aromatic N) is 2. The standard InChI is InChI=1S/C20H24N4O3S/c25-17(8-9-18(26)23-20-21-10-13-28-20)22-16(14-15-6-2-1-3-7-15)19(27)24-11-4-5-12-24/h1-3,6-7,10,13,16H,4-5,8-9,11-12,14H2,(H,22,25)(H,21,23,26). The van der Waals surface area contributed by atoms with Crippen LogP contribution < -0.4 is 10.6 Å². The number of hydrogen-bond donors (Lipinski definition) is 2. The molecule has 0 bridgehead atoms. The van der Waals surface area contributed by atoms with Crippen molar-refractivity contribution in [3.05, 3.63) is 47.5 Å². The lowest BCUT2D eigenvalue weighted by atomic mass is 10.0. The number of benzene rings is 1. The first kappa shape index (κ1) is 20.0. The van der Waals surface area contributed by atoms with E-state index in [1.165, 1.54) is 11.3 Å². The topological polar surface area (TPSA) is 91.4 Å². The van der Waals surface area contributed by atoms with E-state index in [0.29, 0.717) is 11.6 Å². The second kappa shape index (κ2) is 9.98. The van der Waals surface area contributed by atoms with Gasteiger partial charge in [-0.15, -0.1) is 11.3 Å². The summed E-state index contributed by atoms with van der Waals surface area (Å²) in [5, 5.41) is 7.76. The van der Waals surface area contributed by atoms with Crippen LogP contribution in [0, 0.1) is 0 Å². The van der Waals surface area contributed by atoms with E-state index in [-0.39, 0.29) is 30.6 Å². The number of likely N-dealkylation sites (tertiary alicyclic amines) is 1. The molecule has 2 aromatic rings. The van der Waals surface area contributed by atoms with Crippen LogP contribution in [0.2, 0.25) is 0 Å². The fourth-order valence-electron chi connectivity index (χ4n) is 3.17. The maximum atomic E-state index is 12.9. The first-order valence-electron chi connectivity index (χ1n) is 9.43. The van der Waals surface area contributed by atoms with Crippen LogP contribution in [0.15, 0.2) is 41.9 Å². The highest BCUT2D eigenvalue weighted by molar-refractivity contribution is 7.13. The summed E-state index contributed by atoms with van der Waals surface area (Å²) in [6, 6.07) is 9.01. The molecule has 1 fully saturated rings. The molecule has 1 aliphatic rings. The first-order chi connectivity index (χ1) is 13.6. The van der Waals surface area contributed by atoms with Crippen molar-refractivity contribution in [2.45, 2.75) is 38.1 Å². The van der Waals surface area contributed by atoms with Crippen molar-refractivity contribution in [3.8, 4) is 0 Å². The van der Waals surface area contributed by atoms with Crippen LogP contribution in [0.4, 0.5) is 5.13 Å². The molecule has 2 N–H and O–H groups in total. The molecule has 1 aromatic carbocycles. The molecule has 3 rings (SSSR count). The van der Waals surface area contributed by atoms with Gasteiger partial charge in [-0.25, -0.2) is 4.98 Å². The van der Waals surface area contributed by atoms with Gasteiger partial charge in [-0.1, -0.05) is 30.3 Å². The number of carbonyl (C=O) groups excluding carboxylic acids is 3. The summed E-state index contributed by atoms with van der Waals surface area (Å²) in [7, 11) is 0. The summed E-state index contributed by atoms with van der Waals surface area (Å²) >= 11 is 1.32. The molecule has 8 heteroatoms. The largest absolute Gasteiger partial charge is 0.344 e. The average molecular weight is 401 g/mol. The Bertz CT molecular complexity index is 789. The fraction of sp³-hybridized carbons (Fsp3) is 0.400. The van der Waals surface area contributed by atoms with Gasteiger partial charge in [0.2, 0.25) is 17.7 Å². The molecular weight excluding hydrogens is 376 g/mol. The Kier molecular flexibility index (Phi) is 7.13. The van der Waals surface area contributed by atoms with Crippen molar-refractivity contribution in [2.24, 2.45) is 0 Å². The van der Waals surface area contributed by atoms with Crippen LogP contribution in [0.1, 0.15) is 31.2 Å². The maximum absolute atomic E-state index is 12.9. The molecule has 28 heavy (non-hydrogen) atoms. The third kappa shape index (κ3) is 5.88. The van der Waals surface area contributed by atoms with E-state index in [4.69, 9.17) is 0 Å². The zero-order chi connectivity index (χ0) is 19.8. The van der Waals surface area contributed by atoms with Gasteiger partial charge in [-0.2, -0.15) is 0 Å². The van der Waals surface area contributed by atoms with Crippen LogP contribution in [-0.4, -0.2) is 46.7 Å². The van der Waals surface area contributed by atoms with Gasteiger partial charge in [-0.05, 0) is 18.4 Å². The highest BCUT2D eigenvalue weighted by Gasteiger charge is 2.28. The Hall–Kier alpha value is -2.74. The Morgan fingerprint density at radius 2 is 1.79 bits per heavy atom. The fourth-order valence-corrected chi connectivity index (χ4v) is 3.71. The van der Waals surface area contributed by atoms with Crippen molar-refractivity contribution in [2.75, 3.05) is 18.4 Å². The lowest BCUT2D eigenvalue weighted by molar-refractivity contribution is -0.135. The van der Waals surface area contributed by atoms with E-state index >= 15 is 0 Å². The Morgan fingerprint density at radius 3 is 2.46 bits per heavy atom. The van der Waals surface area contributed by atoms with E-state index in [2.05, 4.69) is 15.6 Å². The molecule has 0 saturated carbocycles. The number of amides is 3. The van der Waals surface area contributed by atoms with Crippen LogP contribution in [-0.2, 0) is 20.8 Å². The van der Waals surface area contributed by atoms with Crippen molar-refractivity contribution in [1.82, 2.24) is 15.2 Å². The predicted molar refractivity (Wildman–Crippen MR) is 108 cm³/mol. The van der Waals surface area contributed by atoms with Gasteiger partial charge in [-0.3, -0.25) is 14.4 Å². The highest BCUT2D eigenvalue weighted by Crippen LogP contribution is 2.13. The SMILES string of the molecule is O=C(CCC(=O)NC(Cc1ccccc1)C(=O)N1CCCC1)Nc1nccs1. The molecule has 1 saturated heterocycles. The number of thiazole rings is 1. The van der Waals surface area contributed by atoms with Crippen molar-refractivity contribution < 1.29 is 14.4 Å². The zero-order valence-corrected chi connectivity index (χ0v) is 16.4. The van der Waals surface area contributed by atoms with Crippen LogP contribution in [0.3, 0.4) is 0 Å². The van der Waals surface area contributed by atoms with E-state index in [9.17, 15) is 14.4 Å². The van der Waals surface area contributed by atoms with Gasteiger partial charge in [0.1, 0.15) is 6.04 Å². The number of nitrogens with one attached hydrogen (secondary N) is 2. The smallest absolute Gasteiger partial charge is 0.245 e. The molecule has 3 amide bonds. The van der Waals surface area contributed by atoms with E-state index in [1.54, 1.807) is 11.6 Å².